The van der Waals surface area contributed by atoms with Crippen molar-refractivity contribution in [2.45, 2.75) is 6.04 Å². The molecule has 0 fully saturated rings. The molecule has 0 saturated heterocycles. The van der Waals surface area contributed by atoms with Crippen molar-refractivity contribution in [2.75, 3.05) is 18.6 Å². The minimum Gasteiger partial charge on any atom is -0.479 e. The Morgan fingerprint density at radius 3 is 2.60 bits per heavy atom. The smallest absolute Gasteiger partial charge is 0.331 e. The summed E-state index contributed by atoms with van der Waals surface area (Å²) in [4.78, 5) is 22.8. The van der Waals surface area contributed by atoms with Crippen LogP contribution in [0, 0.1) is 0 Å². The van der Waals surface area contributed by atoms with Crippen LogP contribution in [-0.4, -0.2) is 39.9 Å². The highest BCUT2D eigenvalue weighted by Crippen LogP contribution is 2.22. The lowest BCUT2D eigenvalue weighted by Gasteiger charge is -2.16. The number of aliphatic carboxylic acids is 1. The van der Waals surface area contributed by atoms with Crippen LogP contribution < -0.4 is 10.6 Å². The largest absolute Gasteiger partial charge is 0.479 e. The molecule has 0 bridgehead atoms. The van der Waals surface area contributed by atoms with Crippen molar-refractivity contribution < 1.29 is 18.9 Å². The Morgan fingerprint density at radius 1 is 1.40 bits per heavy atom. The normalized spacial score (nSPS) is 13.3. The lowest BCUT2D eigenvalue weighted by molar-refractivity contribution is -0.139. The second-order valence-corrected chi connectivity index (χ2v) is 5.93. The van der Waals surface area contributed by atoms with Crippen LogP contribution in [0.3, 0.4) is 0 Å². The third-order valence-electron chi connectivity index (χ3n) is 2.41. The Balaban J connectivity index is 2.69. The number of urea groups is 1. The summed E-state index contributed by atoms with van der Waals surface area (Å²) in [7, 11) is -1.02. The van der Waals surface area contributed by atoms with Gasteiger partial charge in [0.1, 0.15) is 0 Å². The number of carbonyl (C=O) groups excluding carboxylic acids is 1. The van der Waals surface area contributed by atoms with Crippen molar-refractivity contribution in [3.63, 3.8) is 0 Å². The SMILES string of the molecule is CS(=O)CCNC(=O)N[C@@H](C(=O)O)c1ccccc1Cl. The summed E-state index contributed by atoms with van der Waals surface area (Å²) >= 11 is 5.92. The standard InChI is InChI=1S/C12H15ClN2O4S/c1-20(19)7-6-14-12(18)15-10(11(16)17)8-4-2-3-5-9(8)13/h2-5,10H,6-7H2,1H3,(H,16,17)(H2,14,15,18)/t10-,20?/m1/s1. The van der Waals surface area contributed by atoms with E-state index in [4.69, 9.17) is 16.7 Å². The van der Waals surface area contributed by atoms with Gasteiger partial charge in [-0.15, -0.1) is 0 Å². The molecule has 20 heavy (non-hydrogen) atoms. The monoisotopic (exact) mass is 318 g/mol. The van der Waals surface area contributed by atoms with E-state index in [1.54, 1.807) is 18.2 Å². The summed E-state index contributed by atoms with van der Waals surface area (Å²) in [5.41, 5.74) is 0.302. The molecule has 1 unspecified atom stereocenters. The minimum atomic E-state index is -1.24. The molecule has 6 nitrogen and oxygen atoms in total. The second-order valence-electron chi connectivity index (χ2n) is 3.97. The Hall–Kier alpha value is -1.60. The summed E-state index contributed by atoms with van der Waals surface area (Å²) in [5, 5.41) is 14.2. The first-order chi connectivity index (χ1) is 9.41. The van der Waals surface area contributed by atoms with Crippen molar-refractivity contribution in [3.05, 3.63) is 34.9 Å². The van der Waals surface area contributed by atoms with Crippen molar-refractivity contribution >= 4 is 34.4 Å². The molecule has 0 aliphatic carbocycles. The van der Waals surface area contributed by atoms with Gasteiger partial charge in [-0.05, 0) is 6.07 Å². The van der Waals surface area contributed by atoms with E-state index in [1.807, 2.05) is 0 Å². The Kier molecular flexibility index (Phi) is 6.47. The third-order valence-corrected chi connectivity index (χ3v) is 3.54. The van der Waals surface area contributed by atoms with Gasteiger partial charge in [0.15, 0.2) is 6.04 Å². The second kappa shape index (κ2) is 7.86. The van der Waals surface area contributed by atoms with E-state index in [1.165, 1.54) is 12.3 Å². The zero-order valence-electron chi connectivity index (χ0n) is 10.8. The maximum atomic E-state index is 11.6. The highest BCUT2D eigenvalue weighted by molar-refractivity contribution is 7.84. The van der Waals surface area contributed by atoms with E-state index in [-0.39, 0.29) is 11.6 Å². The quantitative estimate of drug-likeness (QED) is 0.733. The molecule has 0 heterocycles. The van der Waals surface area contributed by atoms with E-state index >= 15 is 0 Å². The molecule has 8 heteroatoms. The fourth-order valence-corrected chi connectivity index (χ4v) is 2.11. The van der Waals surface area contributed by atoms with Gasteiger partial charge < -0.3 is 15.7 Å². The number of halogens is 1. The molecule has 1 aromatic rings. The molecule has 2 atom stereocenters. The minimum absolute atomic E-state index is 0.198. The lowest BCUT2D eigenvalue weighted by Crippen LogP contribution is -2.42. The van der Waals surface area contributed by atoms with E-state index < -0.39 is 28.8 Å². The molecule has 0 aliphatic rings. The summed E-state index contributed by atoms with van der Waals surface area (Å²) in [6.45, 7) is 0.198. The summed E-state index contributed by atoms with van der Waals surface area (Å²) < 4.78 is 10.8. The fourth-order valence-electron chi connectivity index (χ4n) is 1.47. The van der Waals surface area contributed by atoms with E-state index in [0.717, 1.165) is 0 Å². The molecular formula is C12H15ClN2O4S. The number of benzene rings is 1. The highest BCUT2D eigenvalue weighted by Gasteiger charge is 2.23. The molecular weight excluding hydrogens is 304 g/mol. The van der Waals surface area contributed by atoms with Crippen molar-refractivity contribution in [3.8, 4) is 0 Å². The van der Waals surface area contributed by atoms with Gasteiger partial charge in [-0.1, -0.05) is 29.8 Å². The van der Waals surface area contributed by atoms with Gasteiger partial charge in [0.25, 0.3) is 0 Å². The molecule has 0 aromatic heterocycles. The van der Waals surface area contributed by atoms with Gasteiger partial charge in [0.2, 0.25) is 0 Å². The predicted octanol–water partition coefficient (Wildman–Crippen LogP) is 1.14. The predicted molar refractivity (Wildman–Crippen MR) is 77.3 cm³/mol. The lowest BCUT2D eigenvalue weighted by atomic mass is 10.1. The van der Waals surface area contributed by atoms with E-state index in [0.29, 0.717) is 11.3 Å². The van der Waals surface area contributed by atoms with Crippen LogP contribution in [0.25, 0.3) is 0 Å². The number of amides is 2. The van der Waals surface area contributed by atoms with Gasteiger partial charge in [-0.3, -0.25) is 4.21 Å². The van der Waals surface area contributed by atoms with Gasteiger partial charge in [-0.2, -0.15) is 0 Å². The van der Waals surface area contributed by atoms with Gasteiger partial charge in [0.05, 0.1) is 0 Å². The number of hydrogen-bond donors (Lipinski definition) is 3. The van der Waals surface area contributed by atoms with Crippen LogP contribution in [-0.2, 0) is 15.6 Å². The van der Waals surface area contributed by atoms with Crippen molar-refractivity contribution in [1.82, 2.24) is 10.6 Å². The van der Waals surface area contributed by atoms with Crippen LogP contribution in [0.15, 0.2) is 24.3 Å². The average molecular weight is 319 g/mol. The maximum absolute atomic E-state index is 11.6. The van der Waals surface area contributed by atoms with E-state index in [9.17, 15) is 13.8 Å². The third kappa shape index (κ3) is 5.18. The van der Waals surface area contributed by atoms with Gasteiger partial charge in [0, 0.05) is 39.9 Å². The number of hydrogen-bond acceptors (Lipinski definition) is 3. The Morgan fingerprint density at radius 2 is 2.05 bits per heavy atom. The van der Waals surface area contributed by atoms with Gasteiger partial charge >= 0.3 is 12.0 Å². The number of nitrogens with one attached hydrogen (secondary N) is 2. The van der Waals surface area contributed by atoms with Crippen LogP contribution >= 0.6 is 11.6 Å². The number of carbonyl (C=O) groups is 2. The number of carboxylic acid groups (broad SMARTS) is 1. The summed E-state index contributed by atoms with van der Waals surface area (Å²) in [5.74, 6) is -0.913. The van der Waals surface area contributed by atoms with Crippen LogP contribution in [0.5, 0.6) is 0 Å². The molecule has 1 aromatic carbocycles. The first kappa shape index (κ1) is 16.5. The Labute approximate surface area is 124 Å². The molecule has 0 saturated carbocycles. The van der Waals surface area contributed by atoms with Crippen LogP contribution in [0.2, 0.25) is 5.02 Å². The maximum Gasteiger partial charge on any atom is 0.331 e. The molecule has 0 radical (unpaired) electrons. The van der Waals surface area contributed by atoms with Crippen molar-refractivity contribution in [1.29, 1.82) is 0 Å². The molecule has 0 aliphatic heterocycles. The van der Waals surface area contributed by atoms with Crippen LogP contribution in [0.1, 0.15) is 11.6 Å². The molecule has 1 rings (SSSR count). The first-order valence-corrected chi connectivity index (χ1v) is 7.84. The summed E-state index contributed by atoms with van der Waals surface area (Å²) in [6.07, 6.45) is 1.52. The highest BCUT2D eigenvalue weighted by atomic mass is 35.5. The molecule has 0 spiro atoms. The van der Waals surface area contributed by atoms with E-state index in [2.05, 4.69) is 10.6 Å². The molecule has 2 amide bonds. The average Bonchev–Trinajstić information content (AvgIpc) is 2.36. The molecule has 110 valence electrons. The molecule has 3 N–H and O–H groups in total. The zero-order valence-corrected chi connectivity index (χ0v) is 12.3. The first-order valence-electron chi connectivity index (χ1n) is 5.73. The van der Waals surface area contributed by atoms with Gasteiger partial charge in [-0.25, -0.2) is 9.59 Å². The van der Waals surface area contributed by atoms with Crippen molar-refractivity contribution in [2.24, 2.45) is 0 Å². The Bertz CT molecular complexity index is 524. The fraction of sp³-hybridized carbons (Fsp3) is 0.333. The topological polar surface area (TPSA) is 95.5 Å². The van der Waals surface area contributed by atoms with Crippen LogP contribution in [0.4, 0.5) is 4.79 Å². The number of rotatable bonds is 6. The zero-order chi connectivity index (χ0) is 15.1. The summed E-state index contributed by atoms with van der Waals surface area (Å²) in [6, 6.07) is 4.49. The number of carboxylic acids is 1.